The molecule has 0 radical (unpaired) electrons. The van der Waals surface area contributed by atoms with Crippen LogP contribution in [0.4, 0.5) is 0 Å². The van der Waals surface area contributed by atoms with Gasteiger partial charge in [-0.2, -0.15) is 0 Å². The number of rotatable bonds is 4. The smallest absolute Gasteiger partial charge is 0.308 e. The topological polar surface area (TPSA) is 77.9 Å². The van der Waals surface area contributed by atoms with E-state index in [9.17, 15) is 14.4 Å². The van der Waals surface area contributed by atoms with E-state index >= 15 is 0 Å². The highest BCUT2D eigenvalue weighted by Gasteiger charge is 2.38. The lowest BCUT2D eigenvalue weighted by Crippen LogP contribution is -2.51. The molecule has 0 unspecified atom stereocenters. The molecule has 1 N–H and O–H groups in total. The molecular weight excluding hydrogens is 272 g/mol. The van der Waals surface area contributed by atoms with Crippen molar-refractivity contribution in [1.29, 1.82) is 0 Å². The zero-order valence-electron chi connectivity index (χ0n) is 12.6. The van der Waals surface area contributed by atoms with Crippen molar-refractivity contribution in [1.82, 2.24) is 9.80 Å². The molecule has 2 atom stereocenters. The van der Waals surface area contributed by atoms with Crippen molar-refractivity contribution in [2.24, 2.45) is 5.92 Å². The Morgan fingerprint density at radius 3 is 2.52 bits per heavy atom. The Kier molecular flexibility index (Phi) is 5.20. The minimum Gasteiger partial charge on any atom is -0.481 e. The number of aliphatic carboxylic acids is 1. The summed E-state index contributed by atoms with van der Waals surface area (Å²) in [5.74, 6) is -1.33. The molecule has 0 spiro atoms. The minimum absolute atomic E-state index is 0.0418. The molecule has 2 saturated heterocycles. The number of carboxylic acids is 1. The monoisotopic (exact) mass is 296 g/mol. The second-order valence-corrected chi connectivity index (χ2v) is 5.96. The maximum Gasteiger partial charge on any atom is 0.308 e. The molecule has 21 heavy (non-hydrogen) atoms. The van der Waals surface area contributed by atoms with Crippen LogP contribution in [0.1, 0.15) is 45.4 Å². The number of carbonyl (C=O) groups excluding carboxylic acids is 2. The molecule has 0 aromatic heterocycles. The van der Waals surface area contributed by atoms with E-state index in [1.807, 2.05) is 6.92 Å². The SMILES string of the molecule is CCCC(=O)N1CCC[C@H]1C(=O)N1CCC[C@H](C(=O)O)C1. The van der Waals surface area contributed by atoms with E-state index in [1.165, 1.54) is 0 Å². The highest BCUT2D eigenvalue weighted by Crippen LogP contribution is 2.24. The van der Waals surface area contributed by atoms with Gasteiger partial charge in [-0.25, -0.2) is 0 Å². The van der Waals surface area contributed by atoms with E-state index in [0.717, 1.165) is 19.3 Å². The normalized spacial score (nSPS) is 26.0. The quantitative estimate of drug-likeness (QED) is 0.842. The van der Waals surface area contributed by atoms with E-state index in [2.05, 4.69) is 0 Å². The van der Waals surface area contributed by atoms with Gasteiger partial charge in [-0.05, 0) is 32.1 Å². The molecule has 2 aliphatic heterocycles. The van der Waals surface area contributed by atoms with Crippen molar-refractivity contribution in [3.05, 3.63) is 0 Å². The average Bonchev–Trinajstić information content (AvgIpc) is 2.96. The molecule has 2 heterocycles. The second-order valence-electron chi connectivity index (χ2n) is 5.96. The largest absolute Gasteiger partial charge is 0.481 e. The molecule has 0 saturated carbocycles. The summed E-state index contributed by atoms with van der Waals surface area (Å²) < 4.78 is 0. The third-order valence-corrected chi connectivity index (χ3v) is 4.40. The van der Waals surface area contributed by atoms with Crippen molar-refractivity contribution >= 4 is 17.8 Å². The van der Waals surface area contributed by atoms with E-state index in [0.29, 0.717) is 32.4 Å². The highest BCUT2D eigenvalue weighted by molar-refractivity contribution is 5.88. The second kappa shape index (κ2) is 6.91. The Morgan fingerprint density at radius 1 is 1.14 bits per heavy atom. The van der Waals surface area contributed by atoms with Gasteiger partial charge in [0.2, 0.25) is 11.8 Å². The number of likely N-dealkylation sites (tertiary alicyclic amines) is 2. The van der Waals surface area contributed by atoms with Gasteiger partial charge in [0.15, 0.2) is 0 Å². The van der Waals surface area contributed by atoms with E-state index in [4.69, 9.17) is 5.11 Å². The number of carbonyl (C=O) groups is 3. The Balaban J connectivity index is 2.01. The number of nitrogens with zero attached hydrogens (tertiary/aromatic N) is 2. The van der Waals surface area contributed by atoms with Crippen LogP contribution < -0.4 is 0 Å². The Labute approximate surface area is 125 Å². The van der Waals surface area contributed by atoms with Crippen LogP contribution in [0.5, 0.6) is 0 Å². The van der Waals surface area contributed by atoms with E-state index in [1.54, 1.807) is 9.80 Å². The molecule has 2 amide bonds. The average molecular weight is 296 g/mol. The van der Waals surface area contributed by atoms with Crippen LogP contribution in [-0.2, 0) is 14.4 Å². The first-order chi connectivity index (χ1) is 10.0. The fourth-order valence-electron chi connectivity index (χ4n) is 3.27. The van der Waals surface area contributed by atoms with Gasteiger partial charge in [-0.3, -0.25) is 14.4 Å². The molecule has 2 aliphatic rings. The summed E-state index contributed by atoms with van der Waals surface area (Å²) in [6, 6.07) is -0.378. The lowest BCUT2D eigenvalue weighted by atomic mass is 9.97. The molecule has 0 aromatic carbocycles. The number of carboxylic acid groups (broad SMARTS) is 1. The molecule has 6 nitrogen and oxygen atoms in total. The summed E-state index contributed by atoms with van der Waals surface area (Å²) >= 11 is 0. The van der Waals surface area contributed by atoms with Crippen LogP contribution >= 0.6 is 0 Å². The summed E-state index contributed by atoms with van der Waals surface area (Å²) in [6.45, 7) is 3.48. The Bertz CT molecular complexity index is 424. The first-order valence-electron chi connectivity index (χ1n) is 7.85. The summed E-state index contributed by atoms with van der Waals surface area (Å²) in [6.07, 6.45) is 4.15. The molecule has 118 valence electrons. The third-order valence-electron chi connectivity index (χ3n) is 4.40. The Hall–Kier alpha value is -1.59. The summed E-state index contributed by atoms with van der Waals surface area (Å²) in [4.78, 5) is 39.1. The van der Waals surface area contributed by atoms with Gasteiger partial charge in [0.1, 0.15) is 6.04 Å². The highest BCUT2D eigenvalue weighted by atomic mass is 16.4. The maximum absolute atomic E-state index is 12.6. The Morgan fingerprint density at radius 2 is 1.86 bits per heavy atom. The van der Waals surface area contributed by atoms with Gasteiger partial charge in [-0.1, -0.05) is 6.92 Å². The van der Waals surface area contributed by atoms with Crippen LogP contribution in [0.15, 0.2) is 0 Å². The van der Waals surface area contributed by atoms with E-state index < -0.39 is 11.9 Å². The predicted octanol–water partition coefficient (Wildman–Crippen LogP) is 1.10. The molecule has 2 fully saturated rings. The van der Waals surface area contributed by atoms with Crippen LogP contribution in [0.3, 0.4) is 0 Å². The lowest BCUT2D eigenvalue weighted by Gasteiger charge is -2.34. The minimum atomic E-state index is -0.835. The van der Waals surface area contributed by atoms with Gasteiger partial charge in [0.05, 0.1) is 5.92 Å². The van der Waals surface area contributed by atoms with E-state index in [-0.39, 0.29) is 24.4 Å². The maximum atomic E-state index is 12.6. The van der Waals surface area contributed by atoms with Crippen LogP contribution in [0.25, 0.3) is 0 Å². The number of hydrogen-bond donors (Lipinski definition) is 1. The lowest BCUT2D eigenvalue weighted by molar-refractivity contribution is -0.149. The molecular formula is C15H24N2O4. The molecule has 6 heteroatoms. The van der Waals surface area contributed by atoms with Gasteiger partial charge in [-0.15, -0.1) is 0 Å². The fourth-order valence-corrected chi connectivity index (χ4v) is 3.27. The van der Waals surface area contributed by atoms with Crippen LogP contribution in [-0.4, -0.2) is 58.4 Å². The number of amides is 2. The first-order valence-corrected chi connectivity index (χ1v) is 7.85. The first kappa shape index (κ1) is 15.8. The van der Waals surface area contributed by atoms with Crippen molar-refractivity contribution in [2.75, 3.05) is 19.6 Å². The molecule has 0 bridgehead atoms. The van der Waals surface area contributed by atoms with Gasteiger partial charge < -0.3 is 14.9 Å². The van der Waals surface area contributed by atoms with Crippen molar-refractivity contribution in [3.8, 4) is 0 Å². The predicted molar refractivity (Wildman–Crippen MR) is 76.6 cm³/mol. The van der Waals surface area contributed by atoms with Gasteiger partial charge in [0, 0.05) is 26.1 Å². The van der Waals surface area contributed by atoms with Crippen LogP contribution in [0, 0.1) is 5.92 Å². The molecule has 2 rings (SSSR count). The standard InChI is InChI=1S/C15H24N2O4/c1-2-5-13(18)17-9-4-7-12(17)14(19)16-8-3-6-11(10-16)15(20)21/h11-12H,2-10H2,1H3,(H,20,21)/t11-,12-/m0/s1. The zero-order valence-corrected chi connectivity index (χ0v) is 12.6. The van der Waals surface area contributed by atoms with Crippen molar-refractivity contribution in [2.45, 2.75) is 51.5 Å². The molecule has 0 aliphatic carbocycles. The summed E-state index contributed by atoms with van der Waals surface area (Å²) in [5.41, 5.74) is 0. The van der Waals surface area contributed by atoms with Crippen molar-refractivity contribution < 1.29 is 19.5 Å². The fraction of sp³-hybridized carbons (Fsp3) is 0.800. The number of hydrogen-bond acceptors (Lipinski definition) is 3. The summed E-state index contributed by atoms with van der Waals surface area (Å²) in [7, 11) is 0. The third kappa shape index (κ3) is 3.54. The van der Waals surface area contributed by atoms with Gasteiger partial charge in [0.25, 0.3) is 0 Å². The zero-order chi connectivity index (χ0) is 15.4. The van der Waals surface area contributed by atoms with Gasteiger partial charge >= 0.3 is 5.97 Å². The molecule has 0 aromatic rings. The summed E-state index contributed by atoms with van der Waals surface area (Å²) in [5, 5.41) is 9.11. The van der Waals surface area contributed by atoms with Crippen LogP contribution in [0.2, 0.25) is 0 Å². The number of piperidine rings is 1. The van der Waals surface area contributed by atoms with Crippen molar-refractivity contribution in [3.63, 3.8) is 0 Å².